The van der Waals surface area contributed by atoms with Crippen LogP contribution in [0.25, 0.3) is 0 Å². The highest BCUT2D eigenvalue weighted by Gasteiger charge is 2.02. The van der Waals surface area contributed by atoms with Crippen molar-refractivity contribution in [3.63, 3.8) is 0 Å². The van der Waals surface area contributed by atoms with Gasteiger partial charge >= 0.3 is 5.97 Å². The van der Waals surface area contributed by atoms with E-state index < -0.39 is 0 Å². The summed E-state index contributed by atoms with van der Waals surface area (Å²) in [7, 11) is 3.77. The summed E-state index contributed by atoms with van der Waals surface area (Å²) in [4.78, 5) is 13.0. The minimum absolute atomic E-state index is 0.0702. The van der Waals surface area contributed by atoms with Crippen LogP contribution in [-0.2, 0) is 9.53 Å². The van der Waals surface area contributed by atoms with Crippen molar-refractivity contribution in [1.82, 2.24) is 4.90 Å². The van der Waals surface area contributed by atoms with Crippen LogP contribution in [0.2, 0.25) is 0 Å². The summed E-state index contributed by atoms with van der Waals surface area (Å²) in [5.41, 5.74) is 0. The van der Waals surface area contributed by atoms with Crippen LogP contribution in [0.5, 0.6) is 0 Å². The quantitative estimate of drug-likeness (QED) is 0.336. The van der Waals surface area contributed by atoms with E-state index in [1.165, 1.54) is 25.7 Å². The lowest BCUT2D eigenvalue weighted by atomic mass is 10.1. The predicted molar refractivity (Wildman–Crippen MR) is 62.6 cm³/mol. The number of ether oxygens (including phenoxy) is 1. The number of hydrogen-bond donors (Lipinski definition) is 0. The largest absolute Gasteiger partial charge is 0.450 e. The molecule has 3 nitrogen and oxygen atoms in total. The van der Waals surface area contributed by atoms with Crippen LogP contribution in [0.4, 0.5) is 0 Å². The molecule has 0 N–H and O–H groups in total. The van der Waals surface area contributed by atoms with Crippen LogP contribution in [-0.4, -0.2) is 31.7 Å². The zero-order valence-corrected chi connectivity index (χ0v) is 10.4. The zero-order valence-electron chi connectivity index (χ0n) is 10.4. The average molecular weight is 215 g/mol. The van der Waals surface area contributed by atoms with Crippen molar-refractivity contribution in [3.8, 4) is 0 Å². The third-order valence-corrected chi connectivity index (χ3v) is 2.22. The van der Waals surface area contributed by atoms with Crippen molar-refractivity contribution in [2.24, 2.45) is 0 Å². The Kier molecular flexibility index (Phi) is 9.59. The van der Waals surface area contributed by atoms with E-state index in [2.05, 4.69) is 6.92 Å². The molecule has 0 heterocycles. The topological polar surface area (TPSA) is 29.5 Å². The van der Waals surface area contributed by atoms with Crippen LogP contribution in [0.15, 0.2) is 0 Å². The van der Waals surface area contributed by atoms with Gasteiger partial charge < -0.3 is 4.74 Å². The van der Waals surface area contributed by atoms with E-state index in [0.29, 0.717) is 13.2 Å². The second-order valence-electron chi connectivity index (χ2n) is 4.24. The first-order valence-corrected chi connectivity index (χ1v) is 5.97. The Morgan fingerprint density at radius 3 is 2.27 bits per heavy atom. The predicted octanol–water partition coefficient (Wildman–Crippen LogP) is 2.80. The van der Waals surface area contributed by atoms with Gasteiger partial charge in [-0.3, -0.25) is 9.69 Å². The van der Waals surface area contributed by atoms with Crippen LogP contribution < -0.4 is 0 Å². The highest BCUT2D eigenvalue weighted by atomic mass is 16.5. The third kappa shape index (κ3) is 11.4. The van der Waals surface area contributed by atoms with Gasteiger partial charge in [0.2, 0.25) is 0 Å². The van der Waals surface area contributed by atoms with Gasteiger partial charge in [0, 0.05) is 6.42 Å². The third-order valence-electron chi connectivity index (χ3n) is 2.22. The standard InChI is InChI=1S/C12H25NO2/c1-4-5-6-7-8-9-10-12(14)15-11-13(2)3/h4-11H2,1-3H3. The molecule has 0 aliphatic carbocycles. The molecule has 0 bridgehead atoms. The fourth-order valence-electron chi connectivity index (χ4n) is 1.32. The van der Waals surface area contributed by atoms with Crippen molar-refractivity contribution in [2.75, 3.05) is 20.8 Å². The fourth-order valence-corrected chi connectivity index (χ4v) is 1.32. The molecular formula is C12H25NO2. The average Bonchev–Trinajstić information content (AvgIpc) is 2.20. The van der Waals surface area contributed by atoms with E-state index in [1.54, 1.807) is 0 Å². The van der Waals surface area contributed by atoms with Crippen molar-refractivity contribution >= 4 is 5.97 Å². The second-order valence-corrected chi connectivity index (χ2v) is 4.24. The summed E-state index contributed by atoms with van der Waals surface area (Å²) in [6.45, 7) is 2.60. The Labute approximate surface area is 93.8 Å². The number of hydrogen-bond acceptors (Lipinski definition) is 3. The second kappa shape index (κ2) is 9.97. The summed E-state index contributed by atoms with van der Waals surface area (Å²) in [6.07, 6.45) is 7.81. The van der Waals surface area contributed by atoms with Crippen LogP contribution >= 0.6 is 0 Å². The molecule has 0 aromatic heterocycles. The first-order valence-electron chi connectivity index (χ1n) is 5.97. The number of unbranched alkanes of at least 4 members (excludes halogenated alkanes) is 5. The summed E-state index contributed by atoms with van der Waals surface area (Å²) in [6, 6.07) is 0. The first-order chi connectivity index (χ1) is 7.16. The van der Waals surface area contributed by atoms with Gasteiger partial charge in [-0.1, -0.05) is 39.0 Å². The Morgan fingerprint density at radius 2 is 1.67 bits per heavy atom. The molecule has 0 rings (SSSR count). The SMILES string of the molecule is CCCCCCCCC(=O)OCN(C)C. The van der Waals surface area contributed by atoms with Gasteiger partial charge in [0.15, 0.2) is 0 Å². The Morgan fingerprint density at radius 1 is 1.07 bits per heavy atom. The lowest BCUT2D eigenvalue weighted by molar-refractivity contribution is -0.147. The van der Waals surface area contributed by atoms with Gasteiger partial charge in [-0.05, 0) is 20.5 Å². The van der Waals surface area contributed by atoms with Gasteiger partial charge in [0.1, 0.15) is 6.73 Å². The maximum absolute atomic E-state index is 11.2. The molecule has 0 amide bonds. The van der Waals surface area contributed by atoms with Gasteiger partial charge in [0.05, 0.1) is 0 Å². The van der Waals surface area contributed by atoms with E-state index in [-0.39, 0.29) is 5.97 Å². The molecule has 0 unspecified atom stereocenters. The minimum atomic E-state index is -0.0702. The van der Waals surface area contributed by atoms with E-state index in [1.807, 2.05) is 19.0 Å². The zero-order chi connectivity index (χ0) is 11.5. The summed E-state index contributed by atoms with van der Waals surface area (Å²) < 4.78 is 5.02. The molecule has 0 atom stereocenters. The van der Waals surface area contributed by atoms with E-state index in [9.17, 15) is 4.79 Å². The Bertz CT molecular complexity index is 158. The molecule has 0 aliphatic rings. The van der Waals surface area contributed by atoms with Crippen LogP contribution in [0, 0.1) is 0 Å². The van der Waals surface area contributed by atoms with Crippen molar-refractivity contribution < 1.29 is 9.53 Å². The maximum atomic E-state index is 11.2. The highest BCUT2D eigenvalue weighted by molar-refractivity contribution is 5.69. The number of esters is 1. The summed E-state index contributed by atoms with van der Waals surface area (Å²) in [5.74, 6) is -0.0702. The van der Waals surface area contributed by atoms with E-state index in [0.717, 1.165) is 12.8 Å². The first kappa shape index (κ1) is 14.4. The molecule has 0 saturated heterocycles. The lowest BCUT2D eigenvalue weighted by Gasteiger charge is -2.10. The molecule has 0 aliphatic heterocycles. The summed E-state index contributed by atoms with van der Waals surface area (Å²) >= 11 is 0. The van der Waals surface area contributed by atoms with Gasteiger partial charge in [-0.15, -0.1) is 0 Å². The normalized spacial score (nSPS) is 10.7. The monoisotopic (exact) mass is 215 g/mol. The fraction of sp³-hybridized carbons (Fsp3) is 0.917. The minimum Gasteiger partial charge on any atom is -0.450 e. The van der Waals surface area contributed by atoms with Gasteiger partial charge in [-0.2, -0.15) is 0 Å². The maximum Gasteiger partial charge on any atom is 0.307 e. The Balaban J connectivity index is 3.17. The molecule has 0 aromatic rings. The van der Waals surface area contributed by atoms with E-state index >= 15 is 0 Å². The van der Waals surface area contributed by atoms with Crippen molar-refractivity contribution in [3.05, 3.63) is 0 Å². The van der Waals surface area contributed by atoms with Crippen molar-refractivity contribution in [1.29, 1.82) is 0 Å². The van der Waals surface area contributed by atoms with E-state index in [4.69, 9.17) is 4.74 Å². The van der Waals surface area contributed by atoms with Crippen molar-refractivity contribution in [2.45, 2.75) is 51.9 Å². The molecule has 0 aromatic carbocycles. The van der Waals surface area contributed by atoms with Gasteiger partial charge in [-0.25, -0.2) is 0 Å². The molecule has 90 valence electrons. The molecule has 3 heteroatoms. The Hall–Kier alpha value is -0.570. The summed E-state index contributed by atoms with van der Waals surface area (Å²) in [5, 5.41) is 0. The molecule has 0 fully saturated rings. The highest BCUT2D eigenvalue weighted by Crippen LogP contribution is 2.07. The van der Waals surface area contributed by atoms with Crippen LogP contribution in [0.1, 0.15) is 51.9 Å². The number of carbonyl (C=O) groups is 1. The number of nitrogens with zero attached hydrogens (tertiary/aromatic N) is 1. The molecule has 0 radical (unpaired) electrons. The number of carbonyl (C=O) groups excluding carboxylic acids is 1. The van der Waals surface area contributed by atoms with Gasteiger partial charge in [0.25, 0.3) is 0 Å². The number of rotatable bonds is 9. The van der Waals surface area contributed by atoms with Crippen LogP contribution in [0.3, 0.4) is 0 Å². The lowest BCUT2D eigenvalue weighted by Crippen LogP contribution is -2.19. The molecule has 15 heavy (non-hydrogen) atoms. The molecule has 0 saturated carbocycles. The molecule has 0 spiro atoms. The smallest absolute Gasteiger partial charge is 0.307 e. The molecular weight excluding hydrogens is 190 g/mol.